The van der Waals surface area contributed by atoms with Crippen molar-refractivity contribution in [3.8, 4) is 45.8 Å². The third kappa shape index (κ3) is 5.09. The van der Waals surface area contributed by atoms with E-state index in [1.165, 1.54) is 7.11 Å². The zero-order chi connectivity index (χ0) is 23.9. The lowest BCUT2D eigenvalue weighted by atomic mass is 10.2. The molecule has 0 bridgehead atoms. The van der Waals surface area contributed by atoms with Crippen LogP contribution in [0.15, 0.2) is 71.3 Å². The summed E-state index contributed by atoms with van der Waals surface area (Å²) in [5.41, 5.74) is 1.86. The van der Waals surface area contributed by atoms with Crippen LogP contribution in [0.1, 0.15) is 0 Å². The molecule has 0 aliphatic rings. The number of amides is 1. The van der Waals surface area contributed by atoms with Gasteiger partial charge in [0.05, 0.1) is 32.6 Å². The molecule has 4 aromatic rings. The minimum Gasteiger partial charge on any atom is -0.497 e. The van der Waals surface area contributed by atoms with Crippen molar-refractivity contribution in [3.63, 3.8) is 0 Å². The topological polar surface area (TPSA) is 105 Å². The second-order valence-electron chi connectivity index (χ2n) is 7.05. The van der Waals surface area contributed by atoms with Crippen molar-refractivity contribution in [3.05, 3.63) is 66.7 Å². The van der Waals surface area contributed by atoms with Crippen LogP contribution in [-0.2, 0) is 4.79 Å². The zero-order valence-electron chi connectivity index (χ0n) is 18.9. The highest BCUT2D eigenvalue weighted by Crippen LogP contribution is 2.31. The van der Waals surface area contributed by atoms with Gasteiger partial charge in [-0.25, -0.2) is 0 Å². The van der Waals surface area contributed by atoms with Gasteiger partial charge in [-0.15, -0.1) is 0 Å². The Balaban J connectivity index is 1.46. The average Bonchev–Trinajstić information content (AvgIpc) is 3.38. The van der Waals surface area contributed by atoms with Gasteiger partial charge in [-0.05, 0) is 48.5 Å². The maximum absolute atomic E-state index is 12.5. The lowest BCUT2D eigenvalue weighted by molar-refractivity contribution is -0.118. The van der Waals surface area contributed by atoms with E-state index in [1.807, 2.05) is 30.3 Å². The number of nitrogens with zero attached hydrogens (tertiary/aromatic N) is 2. The molecule has 0 radical (unpaired) electrons. The van der Waals surface area contributed by atoms with Gasteiger partial charge in [-0.1, -0.05) is 17.3 Å². The molecule has 174 valence electrons. The first-order chi connectivity index (χ1) is 16.6. The summed E-state index contributed by atoms with van der Waals surface area (Å²) in [6.45, 7) is -0.230. The van der Waals surface area contributed by atoms with E-state index in [-0.39, 0.29) is 18.4 Å². The Labute approximate surface area is 196 Å². The fourth-order valence-corrected chi connectivity index (χ4v) is 3.19. The molecule has 0 aliphatic heterocycles. The number of carbonyl (C=O) groups excluding carboxylic acids is 1. The van der Waals surface area contributed by atoms with Gasteiger partial charge in [0.2, 0.25) is 5.82 Å². The summed E-state index contributed by atoms with van der Waals surface area (Å²) in [6, 6.07) is 19.6. The van der Waals surface area contributed by atoms with Crippen molar-refractivity contribution >= 4 is 11.6 Å². The monoisotopic (exact) mass is 461 g/mol. The molecule has 3 aromatic carbocycles. The second kappa shape index (κ2) is 10.4. The van der Waals surface area contributed by atoms with Crippen molar-refractivity contribution in [2.45, 2.75) is 0 Å². The van der Waals surface area contributed by atoms with E-state index < -0.39 is 0 Å². The van der Waals surface area contributed by atoms with Gasteiger partial charge in [0, 0.05) is 11.6 Å². The molecule has 4 rings (SSSR count). The largest absolute Gasteiger partial charge is 0.497 e. The third-order valence-electron chi connectivity index (χ3n) is 4.93. The molecule has 0 aliphatic carbocycles. The summed E-state index contributed by atoms with van der Waals surface area (Å²) in [5, 5.41) is 6.83. The van der Waals surface area contributed by atoms with E-state index in [4.69, 9.17) is 23.5 Å². The van der Waals surface area contributed by atoms with Crippen molar-refractivity contribution in [1.29, 1.82) is 0 Å². The minimum atomic E-state index is -0.359. The number of carbonyl (C=O) groups is 1. The molecular formula is C25H23N3O6. The number of methoxy groups -OCH3 is 3. The molecule has 0 spiro atoms. The van der Waals surface area contributed by atoms with E-state index in [1.54, 1.807) is 50.6 Å². The number of nitrogens with one attached hydrogen (secondary N) is 1. The average molecular weight is 461 g/mol. The number of anilines is 1. The van der Waals surface area contributed by atoms with Crippen molar-refractivity contribution in [2.24, 2.45) is 0 Å². The first kappa shape index (κ1) is 22.7. The molecule has 0 unspecified atom stereocenters. The number of rotatable bonds is 9. The number of ether oxygens (including phenoxy) is 4. The highest BCUT2D eigenvalue weighted by atomic mass is 16.5. The lowest BCUT2D eigenvalue weighted by Gasteiger charge is -2.13. The van der Waals surface area contributed by atoms with Gasteiger partial charge in [-0.3, -0.25) is 4.79 Å². The van der Waals surface area contributed by atoms with Gasteiger partial charge in [0.15, 0.2) is 6.61 Å². The van der Waals surface area contributed by atoms with Crippen LogP contribution in [0.5, 0.6) is 23.0 Å². The third-order valence-corrected chi connectivity index (χ3v) is 4.93. The van der Waals surface area contributed by atoms with Crippen LogP contribution < -0.4 is 24.3 Å². The fourth-order valence-electron chi connectivity index (χ4n) is 3.19. The molecule has 1 amide bonds. The van der Waals surface area contributed by atoms with E-state index in [9.17, 15) is 4.79 Å². The van der Waals surface area contributed by atoms with Crippen LogP contribution in [0.4, 0.5) is 5.69 Å². The van der Waals surface area contributed by atoms with Crippen molar-refractivity contribution < 1.29 is 28.3 Å². The summed E-state index contributed by atoms with van der Waals surface area (Å²) < 4.78 is 26.9. The van der Waals surface area contributed by atoms with Gasteiger partial charge in [0.1, 0.15) is 23.0 Å². The second-order valence-corrected chi connectivity index (χ2v) is 7.05. The van der Waals surface area contributed by atoms with Gasteiger partial charge in [0.25, 0.3) is 11.8 Å². The number of aromatic nitrogens is 2. The molecular weight excluding hydrogens is 438 g/mol. The van der Waals surface area contributed by atoms with E-state index in [0.29, 0.717) is 34.3 Å². The van der Waals surface area contributed by atoms with Crippen LogP contribution in [0.25, 0.3) is 22.8 Å². The van der Waals surface area contributed by atoms with Gasteiger partial charge >= 0.3 is 0 Å². The van der Waals surface area contributed by atoms with Gasteiger partial charge in [-0.2, -0.15) is 4.98 Å². The van der Waals surface area contributed by atoms with Crippen molar-refractivity contribution in [2.75, 3.05) is 33.3 Å². The molecule has 1 N–H and O–H groups in total. The Morgan fingerprint density at radius 2 is 1.62 bits per heavy atom. The number of benzene rings is 3. The van der Waals surface area contributed by atoms with Crippen LogP contribution >= 0.6 is 0 Å². The Morgan fingerprint density at radius 3 is 2.35 bits per heavy atom. The highest BCUT2D eigenvalue weighted by Gasteiger charge is 2.16. The number of hydrogen-bond donors (Lipinski definition) is 1. The number of para-hydroxylation sites is 1. The fraction of sp³-hybridized carbons (Fsp3) is 0.160. The lowest BCUT2D eigenvalue weighted by Crippen LogP contribution is -2.20. The summed E-state index contributed by atoms with van der Waals surface area (Å²) >= 11 is 0. The highest BCUT2D eigenvalue weighted by molar-refractivity contribution is 5.93. The Morgan fingerprint density at radius 1 is 0.882 bits per heavy atom. The van der Waals surface area contributed by atoms with Crippen LogP contribution in [0.2, 0.25) is 0 Å². The van der Waals surface area contributed by atoms with Crippen LogP contribution in [0.3, 0.4) is 0 Å². The summed E-state index contributed by atoms with van der Waals surface area (Å²) in [5.74, 6) is 2.61. The molecule has 1 aromatic heterocycles. The summed E-state index contributed by atoms with van der Waals surface area (Å²) in [4.78, 5) is 17.0. The van der Waals surface area contributed by atoms with E-state index in [2.05, 4.69) is 15.5 Å². The molecule has 0 atom stereocenters. The number of hydrogen-bond acceptors (Lipinski definition) is 8. The Hall–Kier alpha value is -4.53. The van der Waals surface area contributed by atoms with Crippen LogP contribution in [0, 0.1) is 0 Å². The molecule has 9 heteroatoms. The normalized spacial score (nSPS) is 10.4. The summed E-state index contributed by atoms with van der Waals surface area (Å²) in [6.07, 6.45) is 0. The van der Waals surface area contributed by atoms with Crippen LogP contribution in [-0.4, -0.2) is 44.0 Å². The smallest absolute Gasteiger partial charge is 0.262 e. The van der Waals surface area contributed by atoms with Gasteiger partial charge < -0.3 is 28.8 Å². The van der Waals surface area contributed by atoms with Crippen molar-refractivity contribution in [1.82, 2.24) is 10.1 Å². The quantitative estimate of drug-likeness (QED) is 0.390. The predicted octanol–water partition coefficient (Wildman–Crippen LogP) is 4.45. The Kier molecular flexibility index (Phi) is 6.92. The maximum atomic E-state index is 12.5. The zero-order valence-corrected chi connectivity index (χ0v) is 18.9. The first-order valence-electron chi connectivity index (χ1n) is 10.3. The SMILES string of the molecule is COc1ccc(-c2noc(-c3ccccc3OCC(=O)Nc3ccc(OC)cc3OC)n2)cc1. The molecule has 9 nitrogen and oxygen atoms in total. The predicted molar refractivity (Wildman–Crippen MR) is 125 cm³/mol. The summed E-state index contributed by atoms with van der Waals surface area (Å²) in [7, 11) is 4.68. The standard InChI is InChI=1S/C25H23N3O6/c1-30-17-10-8-16(9-11-17)24-27-25(34-28-24)19-6-4-5-7-21(19)33-15-23(29)26-20-13-12-18(31-2)14-22(20)32-3/h4-14H,15H2,1-3H3,(H,26,29). The maximum Gasteiger partial charge on any atom is 0.262 e. The molecule has 0 saturated heterocycles. The molecule has 1 heterocycles. The van der Waals surface area contributed by atoms with E-state index in [0.717, 1.165) is 11.3 Å². The Bertz CT molecular complexity index is 1270. The molecule has 0 saturated carbocycles. The molecule has 0 fully saturated rings. The minimum absolute atomic E-state index is 0.230. The van der Waals surface area contributed by atoms with E-state index >= 15 is 0 Å². The first-order valence-corrected chi connectivity index (χ1v) is 10.3. The molecule has 34 heavy (non-hydrogen) atoms.